The van der Waals surface area contributed by atoms with Crippen molar-refractivity contribution in [2.75, 3.05) is 6.61 Å². The molecule has 1 atom stereocenters. The zero-order valence-electron chi connectivity index (χ0n) is 15.3. The van der Waals surface area contributed by atoms with Crippen LogP contribution in [0.2, 0.25) is 0 Å². The summed E-state index contributed by atoms with van der Waals surface area (Å²) in [4.78, 5) is 11.6. The van der Waals surface area contributed by atoms with Crippen molar-refractivity contribution in [3.05, 3.63) is 57.9 Å². The van der Waals surface area contributed by atoms with Gasteiger partial charge in [-0.25, -0.2) is 13.2 Å². The number of nitrogens with two attached hydrogens (primary N) is 1. The van der Waals surface area contributed by atoms with Crippen molar-refractivity contribution in [3.8, 4) is 11.1 Å². The molecule has 0 saturated heterocycles. The number of aryl methyl sites for hydroxylation is 1. The Morgan fingerprint density at radius 2 is 1.77 bits per heavy atom. The maximum absolute atomic E-state index is 15.2. The molecule has 2 aromatic rings. The summed E-state index contributed by atoms with van der Waals surface area (Å²) in [6.45, 7) is 6.48. The van der Waals surface area contributed by atoms with E-state index in [1.165, 1.54) is 26.0 Å². The van der Waals surface area contributed by atoms with Gasteiger partial charge in [-0.15, -0.1) is 0 Å². The molecule has 0 amide bonds. The first-order chi connectivity index (χ1) is 12.2. The van der Waals surface area contributed by atoms with Gasteiger partial charge in [-0.05, 0) is 50.5 Å². The molecule has 0 aliphatic carbocycles. The zero-order chi connectivity index (χ0) is 19.6. The minimum absolute atomic E-state index is 0.0262. The summed E-state index contributed by atoms with van der Waals surface area (Å²) < 4.78 is 49.1. The summed E-state index contributed by atoms with van der Waals surface area (Å²) in [5.41, 5.74) is 6.56. The molecule has 0 aliphatic rings. The molecule has 140 valence electrons. The highest BCUT2D eigenvalue weighted by atomic mass is 19.1. The van der Waals surface area contributed by atoms with Gasteiger partial charge >= 0.3 is 5.97 Å². The lowest BCUT2D eigenvalue weighted by Crippen LogP contribution is -2.21. The van der Waals surface area contributed by atoms with E-state index in [-0.39, 0.29) is 35.3 Å². The standard InChI is InChI=1S/C20H22F3NO2/c1-5-26-16(25)9-15(24)18-19(22)12(4)11(3)17(20(18)23)13-7-6-10(2)8-14(13)21/h6-8,15H,5,9,24H2,1-4H3. The van der Waals surface area contributed by atoms with E-state index in [9.17, 15) is 13.6 Å². The third-order valence-electron chi connectivity index (χ3n) is 4.42. The zero-order valence-corrected chi connectivity index (χ0v) is 15.3. The first-order valence-corrected chi connectivity index (χ1v) is 8.34. The number of esters is 1. The fourth-order valence-corrected chi connectivity index (χ4v) is 2.92. The largest absolute Gasteiger partial charge is 0.466 e. The highest BCUT2D eigenvalue weighted by Crippen LogP contribution is 2.37. The smallest absolute Gasteiger partial charge is 0.307 e. The topological polar surface area (TPSA) is 52.3 Å². The molecule has 0 aromatic heterocycles. The number of benzene rings is 2. The van der Waals surface area contributed by atoms with Gasteiger partial charge in [-0.3, -0.25) is 4.79 Å². The van der Waals surface area contributed by atoms with E-state index in [4.69, 9.17) is 10.5 Å². The Morgan fingerprint density at radius 1 is 1.12 bits per heavy atom. The maximum Gasteiger partial charge on any atom is 0.307 e. The molecule has 0 bridgehead atoms. The quantitative estimate of drug-likeness (QED) is 0.785. The monoisotopic (exact) mass is 365 g/mol. The number of halogens is 3. The number of rotatable bonds is 5. The Kier molecular flexibility index (Phi) is 6.08. The van der Waals surface area contributed by atoms with Crippen LogP contribution in [0.25, 0.3) is 11.1 Å². The Morgan fingerprint density at radius 3 is 2.35 bits per heavy atom. The molecule has 0 aliphatic heterocycles. The number of hydrogen-bond acceptors (Lipinski definition) is 3. The first kappa shape index (κ1) is 20.0. The molecule has 0 saturated carbocycles. The normalized spacial score (nSPS) is 12.2. The number of ether oxygens (including phenoxy) is 1. The molecule has 2 N–H and O–H groups in total. The molecule has 0 radical (unpaired) electrons. The van der Waals surface area contributed by atoms with Crippen LogP contribution in [0.15, 0.2) is 18.2 Å². The Labute approximate surface area is 151 Å². The number of hydrogen-bond donors (Lipinski definition) is 1. The molecular weight excluding hydrogens is 343 g/mol. The number of carbonyl (C=O) groups is 1. The van der Waals surface area contributed by atoms with Gasteiger partial charge in [0.1, 0.15) is 17.5 Å². The lowest BCUT2D eigenvalue weighted by atomic mass is 9.89. The van der Waals surface area contributed by atoms with Crippen molar-refractivity contribution >= 4 is 5.97 Å². The van der Waals surface area contributed by atoms with E-state index < -0.39 is 35.0 Å². The van der Waals surface area contributed by atoms with Crippen LogP contribution in [0.4, 0.5) is 13.2 Å². The van der Waals surface area contributed by atoms with E-state index in [1.54, 1.807) is 19.9 Å². The van der Waals surface area contributed by atoms with Crippen LogP contribution in [-0.2, 0) is 9.53 Å². The SMILES string of the molecule is CCOC(=O)CC(N)c1c(F)c(C)c(C)c(-c2ccc(C)cc2F)c1F. The molecule has 1 unspecified atom stereocenters. The molecule has 2 rings (SSSR count). The van der Waals surface area contributed by atoms with Crippen LogP contribution in [0.5, 0.6) is 0 Å². The molecule has 6 heteroatoms. The number of carbonyl (C=O) groups excluding carboxylic acids is 1. The summed E-state index contributed by atoms with van der Waals surface area (Å²) in [6.07, 6.45) is -0.375. The van der Waals surface area contributed by atoms with Crippen molar-refractivity contribution in [1.82, 2.24) is 0 Å². The molecule has 2 aromatic carbocycles. The second-order valence-corrected chi connectivity index (χ2v) is 6.27. The second kappa shape index (κ2) is 7.91. The fraction of sp³-hybridized carbons (Fsp3) is 0.350. The lowest BCUT2D eigenvalue weighted by Gasteiger charge is -2.20. The van der Waals surface area contributed by atoms with Crippen LogP contribution in [0.1, 0.15) is 41.6 Å². The van der Waals surface area contributed by atoms with E-state index in [0.29, 0.717) is 5.56 Å². The predicted molar refractivity (Wildman–Crippen MR) is 94.1 cm³/mol. The van der Waals surface area contributed by atoms with Crippen molar-refractivity contribution in [2.24, 2.45) is 5.73 Å². The Balaban J connectivity index is 2.64. The Bertz CT molecular complexity index is 850. The fourth-order valence-electron chi connectivity index (χ4n) is 2.92. The third-order valence-corrected chi connectivity index (χ3v) is 4.42. The van der Waals surface area contributed by atoms with Gasteiger partial charge in [0.2, 0.25) is 0 Å². The van der Waals surface area contributed by atoms with Crippen LogP contribution < -0.4 is 5.73 Å². The maximum atomic E-state index is 15.2. The highest BCUT2D eigenvalue weighted by Gasteiger charge is 2.27. The lowest BCUT2D eigenvalue weighted by molar-refractivity contribution is -0.143. The molecular formula is C20H22F3NO2. The molecule has 26 heavy (non-hydrogen) atoms. The summed E-state index contributed by atoms with van der Waals surface area (Å²) >= 11 is 0. The van der Waals surface area contributed by atoms with Gasteiger partial charge < -0.3 is 10.5 Å². The van der Waals surface area contributed by atoms with E-state index in [1.807, 2.05) is 0 Å². The summed E-state index contributed by atoms with van der Waals surface area (Å²) in [5, 5.41) is 0. The van der Waals surface area contributed by atoms with Crippen molar-refractivity contribution in [2.45, 2.75) is 40.2 Å². The molecule has 0 heterocycles. The van der Waals surface area contributed by atoms with Crippen molar-refractivity contribution in [1.29, 1.82) is 0 Å². The van der Waals surface area contributed by atoms with E-state index >= 15 is 4.39 Å². The molecule has 0 fully saturated rings. The third kappa shape index (κ3) is 3.75. The van der Waals surface area contributed by atoms with Crippen LogP contribution >= 0.6 is 0 Å². The highest BCUT2D eigenvalue weighted by molar-refractivity contribution is 5.73. The van der Waals surface area contributed by atoms with Gasteiger partial charge in [0, 0.05) is 22.7 Å². The first-order valence-electron chi connectivity index (χ1n) is 8.34. The van der Waals surface area contributed by atoms with Crippen LogP contribution in [0, 0.1) is 38.2 Å². The van der Waals surface area contributed by atoms with Crippen molar-refractivity contribution < 1.29 is 22.7 Å². The van der Waals surface area contributed by atoms with E-state index in [0.717, 1.165) is 0 Å². The van der Waals surface area contributed by atoms with Gasteiger partial charge in [-0.2, -0.15) is 0 Å². The van der Waals surface area contributed by atoms with Gasteiger partial charge in [0.15, 0.2) is 0 Å². The van der Waals surface area contributed by atoms with Crippen LogP contribution in [0.3, 0.4) is 0 Å². The summed E-state index contributed by atoms with van der Waals surface area (Å²) in [5.74, 6) is -3.04. The average molecular weight is 365 g/mol. The summed E-state index contributed by atoms with van der Waals surface area (Å²) in [6, 6.07) is 3.15. The van der Waals surface area contributed by atoms with Gasteiger partial charge in [-0.1, -0.05) is 12.1 Å². The minimum Gasteiger partial charge on any atom is -0.466 e. The van der Waals surface area contributed by atoms with Gasteiger partial charge in [0.25, 0.3) is 0 Å². The van der Waals surface area contributed by atoms with Crippen molar-refractivity contribution in [3.63, 3.8) is 0 Å². The van der Waals surface area contributed by atoms with Gasteiger partial charge in [0.05, 0.1) is 13.0 Å². The molecule has 0 spiro atoms. The second-order valence-electron chi connectivity index (χ2n) is 6.27. The minimum atomic E-state index is -1.24. The Hall–Kier alpha value is -2.34. The summed E-state index contributed by atoms with van der Waals surface area (Å²) in [7, 11) is 0. The average Bonchev–Trinajstić information content (AvgIpc) is 2.55. The molecule has 3 nitrogen and oxygen atoms in total. The predicted octanol–water partition coefficient (Wildman–Crippen LogP) is 4.65. The van der Waals surface area contributed by atoms with E-state index in [2.05, 4.69) is 0 Å². The van der Waals surface area contributed by atoms with Crippen LogP contribution in [-0.4, -0.2) is 12.6 Å².